The van der Waals surface area contributed by atoms with Crippen LogP contribution < -0.4 is 4.74 Å². The number of hydrogen-bond acceptors (Lipinski definition) is 5. The van der Waals surface area contributed by atoms with Gasteiger partial charge >= 0.3 is 0 Å². The van der Waals surface area contributed by atoms with Gasteiger partial charge in [-0.2, -0.15) is 0 Å². The Bertz CT molecular complexity index is 491. The lowest BCUT2D eigenvalue weighted by atomic mass is 10.3. The number of thioether (sulfide) groups is 1. The number of tetrazole rings is 1. The average molecular weight is 254 g/mol. The Balaban J connectivity index is 1.77. The highest BCUT2D eigenvalue weighted by atomic mass is 32.2. The molecule has 17 heavy (non-hydrogen) atoms. The normalized spacial score (nSPS) is 10.5. The Morgan fingerprint density at radius 1 is 1.41 bits per heavy atom. The van der Waals surface area contributed by atoms with Gasteiger partial charge in [-0.3, -0.25) is 0 Å². The molecule has 2 aromatic rings. The zero-order valence-corrected chi connectivity index (χ0v) is 10.0. The third-order valence-electron chi connectivity index (χ3n) is 1.99. The van der Waals surface area contributed by atoms with Gasteiger partial charge in [0.05, 0.1) is 6.61 Å². The van der Waals surface area contributed by atoms with E-state index in [-0.39, 0.29) is 11.6 Å². The highest BCUT2D eigenvalue weighted by Gasteiger charge is 2.04. The molecular formula is C10H11FN4OS. The van der Waals surface area contributed by atoms with Crippen LogP contribution in [0.4, 0.5) is 4.39 Å². The third-order valence-corrected chi connectivity index (χ3v) is 2.96. The summed E-state index contributed by atoms with van der Waals surface area (Å²) in [7, 11) is 1.76. The van der Waals surface area contributed by atoms with Gasteiger partial charge in [-0.15, -0.1) is 5.10 Å². The van der Waals surface area contributed by atoms with Crippen molar-refractivity contribution in [2.75, 3.05) is 12.4 Å². The molecule has 7 heteroatoms. The molecular weight excluding hydrogens is 243 g/mol. The molecule has 0 amide bonds. The van der Waals surface area contributed by atoms with Crippen molar-refractivity contribution in [2.45, 2.75) is 5.16 Å². The summed E-state index contributed by atoms with van der Waals surface area (Å²) in [6.07, 6.45) is 0. The summed E-state index contributed by atoms with van der Waals surface area (Å²) >= 11 is 1.46. The van der Waals surface area contributed by atoms with Gasteiger partial charge in [0.15, 0.2) is 11.6 Å². The molecule has 90 valence electrons. The monoisotopic (exact) mass is 254 g/mol. The smallest absolute Gasteiger partial charge is 0.209 e. The number of para-hydroxylation sites is 1. The van der Waals surface area contributed by atoms with E-state index in [0.717, 1.165) is 0 Å². The quantitative estimate of drug-likeness (QED) is 0.598. The fraction of sp³-hybridized carbons (Fsp3) is 0.300. The van der Waals surface area contributed by atoms with Gasteiger partial charge in [0, 0.05) is 12.8 Å². The van der Waals surface area contributed by atoms with Crippen molar-refractivity contribution in [3.05, 3.63) is 30.1 Å². The second-order valence-corrected chi connectivity index (χ2v) is 4.27. The second-order valence-electron chi connectivity index (χ2n) is 3.21. The summed E-state index contributed by atoms with van der Waals surface area (Å²) in [5, 5.41) is 11.7. The van der Waals surface area contributed by atoms with Gasteiger partial charge in [-0.25, -0.2) is 9.07 Å². The van der Waals surface area contributed by atoms with Crippen molar-refractivity contribution in [1.29, 1.82) is 0 Å². The van der Waals surface area contributed by atoms with Gasteiger partial charge in [0.1, 0.15) is 0 Å². The number of aryl methyl sites for hydroxylation is 1. The molecule has 0 radical (unpaired) electrons. The first-order chi connectivity index (χ1) is 8.27. The SMILES string of the molecule is Cn1nnnc1SCCOc1ccccc1F. The first-order valence-corrected chi connectivity index (χ1v) is 5.98. The highest BCUT2D eigenvalue weighted by Crippen LogP contribution is 2.17. The molecule has 0 N–H and O–H groups in total. The number of aromatic nitrogens is 4. The van der Waals surface area contributed by atoms with E-state index in [1.807, 2.05) is 0 Å². The van der Waals surface area contributed by atoms with Crippen LogP contribution >= 0.6 is 11.8 Å². The number of hydrogen-bond donors (Lipinski definition) is 0. The van der Waals surface area contributed by atoms with Crippen LogP contribution in [0.3, 0.4) is 0 Å². The molecule has 1 aromatic heterocycles. The van der Waals surface area contributed by atoms with Crippen molar-refractivity contribution < 1.29 is 9.13 Å². The first kappa shape index (κ1) is 11.8. The largest absolute Gasteiger partial charge is 0.490 e. The van der Waals surface area contributed by atoms with Crippen molar-refractivity contribution in [3.63, 3.8) is 0 Å². The van der Waals surface area contributed by atoms with Crippen LogP contribution in [0.15, 0.2) is 29.4 Å². The molecule has 0 fully saturated rings. The summed E-state index contributed by atoms with van der Waals surface area (Å²) < 4.78 is 20.1. The predicted octanol–water partition coefficient (Wildman–Crippen LogP) is 1.52. The standard InChI is InChI=1S/C10H11FN4OS/c1-15-10(12-13-14-15)17-7-6-16-9-5-3-2-4-8(9)11/h2-5H,6-7H2,1H3. The van der Waals surface area contributed by atoms with Gasteiger partial charge in [0.2, 0.25) is 5.16 Å². The molecule has 0 unspecified atom stereocenters. The topological polar surface area (TPSA) is 52.8 Å². The molecule has 0 atom stereocenters. The van der Waals surface area contributed by atoms with E-state index in [1.54, 1.807) is 29.9 Å². The molecule has 0 aliphatic heterocycles. The van der Waals surface area contributed by atoms with Crippen molar-refractivity contribution in [1.82, 2.24) is 20.2 Å². The number of ether oxygens (including phenoxy) is 1. The average Bonchev–Trinajstić information content (AvgIpc) is 2.73. The fourth-order valence-corrected chi connectivity index (χ4v) is 1.86. The Hall–Kier alpha value is -1.63. The molecule has 2 rings (SSSR count). The summed E-state index contributed by atoms with van der Waals surface area (Å²) in [5.74, 6) is 0.574. The minimum atomic E-state index is -0.349. The third kappa shape index (κ3) is 3.16. The van der Waals surface area contributed by atoms with Crippen LogP contribution in [0.1, 0.15) is 0 Å². The Labute approximate surface area is 102 Å². The van der Waals surface area contributed by atoms with E-state index in [4.69, 9.17) is 4.74 Å². The van der Waals surface area contributed by atoms with Crippen molar-refractivity contribution in [2.24, 2.45) is 7.05 Å². The van der Waals surface area contributed by atoms with Crippen molar-refractivity contribution >= 4 is 11.8 Å². The lowest BCUT2D eigenvalue weighted by Crippen LogP contribution is -2.03. The van der Waals surface area contributed by atoms with Gasteiger partial charge < -0.3 is 4.74 Å². The summed E-state index contributed by atoms with van der Waals surface area (Å²) in [5.41, 5.74) is 0. The molecule has 0 spiro atoms. The molecule has 1 aromatic carbocycles. The van der Waals surface area contributed by atoms with Gasteiger partial charge in [-0.1, -0.05) is 23.9 Å². The van der Waals surface area contributed by atoms with Gasteiger partial charge in [-0.05, 0) is 22.6 Å². The lowest BCUT2D eigenvalue weighted by molar-refractivity contribution is 0.325. The van der Waals surface area contributed by atoms with Crippen LogP contribution in [0.2, 0.25) is 0 Å². The summed E-state index contributed by atoms with van der Waals surface area (Å²) in [6, 6.07) is 6.33. The van der Waals surface area contributed by atoms with Gasteiger partial charge in [0.25, 0.3) is 0 Å². The molecule has 0 bridgehead atoms. The van der Waals surface area contributed by atoms with Crippen LogP contribution in [-0.4, -0.2) is 32.6 Å². The summed E-state index contributed by atoms with van der Waals surface area (Å²) in [6.45, 7) is 0.401. The maximum absolute atomic E-state index is 13.2. The van der Waals surface area contributed by atoms with Crippen LogP contribution in [0, 0.1) is 5.82 Å². The minimum absolute atomic E-state index is 0.268. The second kappa shape index (κ2) is 5.62. The first-order valence-electron chi connectivity index (χ1n) is 5.00. The molecule has 1 heterocycles. The van der Waals surface area contributed by atoms with E-state index in [1.165, 1.54) is 17.8 Å². The Kier molecular flexibility index (Phi) is 3.92. The van der Waals surface area contributed by atoms with Crippen LogP contribution in [0.25, 0.3) is 0 Å². The molecule has 0 aliphatic rings. The molecule has 0 saturated carbocycles. The number of halogens is 1. The summed E-state index contributed by atoms with van der Waals surface area (Å²) in [4.78, 5) is 0. The number of rotatable bonds is 5. The van der Waals surface area contributed by atoms with Crippen LogP contribution in [0.5, 0.6) is 5.75 Å². The highest BCUT2D eigenvalue weighted by molar-refractivity contribution is 7.99. The number of nitrogens with zero attached hydrogens (tertiary/aromatic N) is 4. The van der Waals surface area contributed by atoms with E-state index in [9.17, 15) is 4.39 Å². The number of benzene rings is 1. The molecule has 0 aliphatic carbocycles. The Morgan fingerprint density at radius 3 is 2.94 bits per heavy atom. The van der Waals surface area contributed by atoms with Crippen molar-refractivity contribution in [3.8, 4) is 5.75 Å². The maximum Gasteiger partial charge on any atom is 0.209 e. The van der Waals surface area contributed by atoms with E-state index >= 15 is 0 Å². The van der Waals surface area contributed by atoms with E-state index in [0.29, 0.717) is 17.5 Å². The minimum Gasteiger partial charge on any atom is -0.490 e. The zero-order chi connectivity index (χ0) is 12.1. The lowest BCUT2D eigenvalue weighted by Gasteiger charge is -2.05. The zero-order valence-electron chi connectivity index (χ0n) is 9.21. The van der Waals surface area contributed by atoms with E-state index in [2.05, 4.69) is 15.5 Å². The van der Waals surface area contributed by atoms with E-state index < -0.39 is 0 Å². The molecule has 5 nitrogen and oxygen atoms in total. The molecule has 0 saturated heterocycles. The maximum atomic E-state index is 13.2. The predicted molar refractivity (Wildman–Crippen MR) is 61.4 cm³/mol. The fourth-order valence-electron chi connectivity index (χ4n) is 1.19. The van der Waals surface area contributed by atoms with Crippen LogP contribution in [-0.2, 0) is 7.05 Å². The Morgan fingerprint density at radius 2 is 2.24 bits per heavy atom.